The van der Waals surface area contributed by atoms with E-state index in [1.807, 2.05) is 6.92 Å². The van der Waals surface area contributed by atoms with Crippen molar-refractivity contribution in [2.45, 2.75) is 13.8 Å². The third kappa shape index (κ3) is 5.18. The van der Waals surface area contributed by atoms with Crippen LogP contribution in [0.5, 0.6) is 5.75 Å². The van der Waals surface area contributed by atoms with Crippen molar-refractivity contribution in [3.05, 3.63) is 79.4 Å². The number of carbonyl (C=O) groups excluding carboxylic acids is 2. The van der Waals surface area contributed by atoms with Crippen LogP contribution in [0.15, 0.2) is 57.6 Å². The topological polar surface area (TPSA) is 85.2 Å². The van der Waals surface area contributed by atoms with E-state index in [-0.39, 0.29) is 32.9 Å². The van der Waals surface area contributed by atoms with E-state index >= 15 is 0 Å². The number of aliphatic imine (C=N–C) groups is 1. The van der Waals surface area contributed by atoms with Crippen LogP contribution in [-0.2, 0) is 9.53 Å². The van der Waals surface area contributed by atoms with Gasteiger partial charge in [-0.05, 0) is 44.2 Å². The van der Waals surface area contributed by atoms with Gasteiger partial charge < -0.3 is 14.6 Å². The first kappa shape index (κ1) is 23.9. The molecule has 166 valence electrons. The van der Waals surface area contributed by atoms with Gasteiger partial charge in [0.05, 0.1) is 23.6 Å². The first-order valence-corrected chi connectivity index (χ1v) is 11.1. The molecule has 32 heavy (non-hydrogen) atoms. The summed E-state index contributed by atoms with van der Waals surface area (Å²) in [5.41, 5.74) is 1.64. The number of hydrogen-bond acceptors (Lipinski definition) is 6. The number of amides is 1. The predicted molar refractivity (Wildman–Crippen MR) is 128 cm³/mol. The smallest absolute Gasteiger partial charge is 0.344 e. The number of ether oxygens (including phenoxy) is 2. The van der Waals surface area contributed by atoms with E-state index in [4.69, 9.17) is 32.7 Å². The van der Waals surface area contributed by atoms with E-state index < -0.39 is 11.9 Å². The average molecular weight is 492 g/mol. The zero-order valence-corrected chi connectivity index (χ0v) is 19.8. The second-order valence-electron chi connectivity index (χ2n) is 6.65. The van der Waals surface area contributed by atoms with Gasteiger partial charge in [0.15, 0.2) is 0 Å². The molecule has 3 rings (SSSR count). The lowest BCUT2D eigenvalue weighted by Crippen LogP contribution is -2.14. The molecule has 2 aromatic rings. The summed E-state index contributed by atoms with van der Waals surface area (Å²) in [5.74, 6) is -1.35. The van der Waals surface area contributed by atoms with Crippen LogP contribution in [0.4, 0.5) is 0 Å². The van der Waals surface area contributed by atoms with Gasteiger partial charge in [0.2, 0.25) is 0 Å². The number of aryl methyl sites for hydroxylation is 1. The molecular formula is C23H19Cl2NO5S. The largest absolute Gasteiger partial charge is 0.506 e. The lowest BCUT2D eigenvalue weighted by Gasteiger charge is -2.08. The predicted octanol–water partition coefficient (Wildman–Crippen LogP) is 6.01. The fourth-order valence-electron chi connectivity index (χ4n) is 2.89. The molecule has 0 bridgehead atoms. The van der Waals surface area contributed by atoms with Crippen LogP contribution in [0.25, 0.3) is 6.08 Å². The van der Waals surface area contributed by atoms with Gasteiger partial charge in [-0.25, -0.2) is 9.79 Å². The lowest BCUT2D eigenvalue weighted by molar-refractivity contribution is -0.138. The Morgan fingerprint density at radius 1 is 1.19 bits per heavy atom. The second kappa shape index (κ2) is 10.3. The first-order chi connectivity index (χ1) is 15.2. The monoisotopic (exact) mass is 491 g/mol. The van der Waals surface area contributed by atoms with Crippen molar-refractivity contribution in [3.63, 3.8) is 0 Å². The summed E-state index contributed by atoms with van der Waals surface area (Å²) in [4.78, 5) is 29.5. The van der Waals surface area contributed by atoms with Crippen molar-refractivity contribution in [2.24, 2.45) is 4.99 Å². The number of thioether (sulfide) groups is 1. The average Bonchev–Trinajstić information content (AvgIpc) is 3.03. The van der Waals surface area contributed by atoms with Gasteiger partial charge in [-0.1, -0.05) is 52.7 Å². The molecular weight excluding hydrogens is 473 g/mol. The fraction of sp³-hybridized carbons (Fsp3) is 0.174. The molecule has 0 saturated heterocycles. The molecule has 0 aliphatic carbocycles. The maximum absolute atomic E-state index is 12.7. The summed E-state index contributed by atoms with van der Waals surface area (Å²) in [5, 5.41) is 11.5. The van der Waals surface area contributed by atoms with Crippen LogP contribution in [0, 0.1) is 6.92 Å². The van der Waals surface area contributed by atoms with Crippen LogP contribution < -0.4 is 4.74 Å². The molecule has 1 N–H and O–H groups in total. The Morgan fingerprint density at radius 3 is 2.50 bits per heavy atom. The van der Waals surface area contributed by atoms with Crippen molar-refractivity contribution in [1.82, 2.24) is 0 Å². The molecule has 0 unspecified atom stereocenters. The standard InChI is InChI=1S/C23H19Cl2NO5S/c1-4-31-23(29)18-19(27)17(10-14-9-15(24)11-16(25)20(14)30-3)32-22(18)26-21(28)13-7-5-12(2)6-8-13/h5-11,27H,4H2,1-3H3/b17-10-,26-22?. The van der Waals surface area contributed by atoms with Gasteiger partial charge in [-0.2, -0.15) is 0 Å². The molecule has 0 fully saturated rings. The summed E-state index contributed by atoms with van der Waals surface area (Å²) >= 11 is 13.3. The molecule has 0 aromatic heterocycles. The van der Waals surface area contributed by atoms with Gasteiger partial charge in [-0.15, -0.1) is 0 Å². The molecule has 1 aliphatic heterocycles. The number of hydrogen-bond donors (Lipinski definition) is 1. The third-order valence-corrected chi connectivity index (χ3v) is 5.92. The number of aliphatic hydroxyl groups is 1. The summed E-state index contributed by atoms with van der Waals surface area (Å²) in [6.07, 6.45) is 1.55. The van der Waals surface area contributed by atoms with Crippen LogP contribution >= 0.6 is 35.0 Å². The third-order valence-electron chi connectivity index (χ3n) is 4.40. The summed E-state index contributed by atoms with van der Waals surface area (Å²) in [6, 6.07) is 9.99. The minimum atomic E-state index is -0.785. The van der Waals surface area contributed by atoms with Crippen molar-refractivity contribution in [2.75, 3.05) is 13.7 Å². The van der Waals surface area contributed by atoms with E-state index in [1.165, 1.54) is 13.2 Å². The minimum Gasteiger partial charge on any atom is -0.506 e. The zero-order chi connectivity index (χ0) is 23.4. The Bertz CT molecular complexity index is 1170. The number of aliphatic hydroxyl groups excluding tert-OH is 1. The molecule has 2 aromatic carbocycles. The molecule has 1 heterocycles. The summed E-state index contributed by atoms with van der Waals surface area (Å²) < 4.78 is 10.4. The number of esters is 1. The highest BCUT2D eigenvalue weighted by Gasteiger charge is 2.34. The molecule has 1 amide bonds. The normalized spacial score (nSPS) is 16.0. The molecule has 0 saturated carbocycles. The minimum absolute atomic E-state index is 0.0323. The van der Waals surface area contributed by atoms with Crippen molar-refractivity contribution in [3.8, 4) is 5.75 Å². The van der Waals surface area contributed by atoms with Gasteiger partial charge in [-0.3, -0.25) is 4.79 Å². The van der Waals surface area contributed by atoms with Gasteiger partial charge in [0.25, 0.3) is 5.91 Å². The van der Waals surface area contributed by atoms with E-state index in [2.05, 4.69) is 4.99 Å². The second-order valence-corrected chi connectivity index (χ2v) is 8.53. The highest BCUT2D eigenvalue weighted by Crippen LogP contribution is 2.42. The Labute approximate surface area is 199 Å². The maximum atomic E-state index is 12.7. The molecule has 0 spiro atoms. The number of benzene rings is 2. The van der Waals surface area contributed by atoms with E-state index in [0.29, 0.717) is 21.9 Å². The molecule has 6 nitrogen and oxygen atoms in total. The lowest BCUT2D eigenvalue weighted by atomic mass is 10.1. The molecule has 0 atom stereocenters. The van der Waals surface area contributed by atoms with E-state index in [9.17, 15) is 14.7 Å². The Hall–Kier alpha value is -2.74. The Balaban J connectivity index is 2.08. The van der Waals surface area contributed by atoms with Crippen molar-refractivity contribution < 1.29 is 24.2 Å². The SMILES string of the molecule is CCOC(=O)C1=C(O)/C(=C/c2cc(Cl)cc(Cl)c2OC)SC1=NC(=O)c1ccc(C)cc1. The highest BCUT2D eigenvalue weighted by atomic mass is 35.5. The number of carbonyl (C=O) groups is 2. The molecule has 9 heteroatoms. The number of methoxy groups -OCH3 is 1. The number of nitrogens with zero attached hydrogens (tertiary/aromatic N) is 1. The van der Waals surface area contributed by atoms with Crippen molar-refractivity contribution >= 4 is 58.0 Å². The quantitative estimate of drug-likeness (QED) is 0.515. The van der Waals surface area contributed by atoms with Crippen LogP contribution in [-0.4, -0.2) is 35.7 Å². The first-order valence-electron chi connectivity index (χ1n) is 9.48. The van der Waals surface area contributed by atoms with E-state index in [0.717, 1.165) is 17.3 Å². The van der Waals surface area contributed by atoms with Crippen LogP contribution in [0.2, 0.25) is 10.0 Å². The van der Waals surface area contributed by atoms with Gasteiger partial charge in [0, 0.05) is 16.1 Å². The zero-order valence-electron chi connectivity index (χ0n) is 17.4. The molecule has 0 radical (unpaired) electrons. The summed E-state index contributed by atoms with van der Waals surface area (Å²) in [7, 11) is 1.45. The van der Waals surface area contributed by atoms with E-state index in [1.54, 1.807) is 43.3 Å². The Morgan fingerprint density at radius 2 is 1.88 bits per heavy atom. The number of halogens is 2. The summed E-state index contributed by atoms with van der Waals surface area (Å²) in [6.45, 7) is 3.64. The van der Waals surface area contributed by atoms with Crippen molar-refractivity contribution in [1.29, 1.82) is 0 Å². The van der Waals surface area contributed by atoms with Gasteiger partial charge in [0.1, 0.15) is 22.1 Å². The Kier molecular flexibility index (Phi) is 7.66. The highest BCUT2D eigenvalue weighted by molar-refractivity contribution is 8.18. The van der Waals surface area contributed by atoms with Gasteiger partial charge >= 0.3 is 5.97 Å². The van der Waals surface area contributed by atoms with Crippen LogP contribution in [0.1, 0.15) is 28.4 Å². The molecule has 1 aliphatic rings. The maximum Gasteiger partial charge on any atom is 0.344 e. The fourth-order valence-corrected chi connectivity index (χ4v) is 4.48. The van der Waals surface area contributed by atoms with Crippen LogP contribution in [0.3, 0.4) is 0 Å². The number of rotatable bonds is 5.